The summed E-state index contributed by atoms with van der Waals surface area (Å²) >= 11 is 0. The third-order valence-electron chi connectivity index (χ3n) is 11.0. The summed E-state index contributed by atoms with van der Waals surface area (Å²) in [5.74, 6) is -0.308. The lowest BCUT2D eigenvalue weighted by Crippen LogP contribution is -2.59. The van der Waals surface area contributed by atoms with Gasteiger partial charge in [0.1, 0.15) is 30.5 Å². The first-order valence-electron chi connectivity index (χ1n) is 23.1. The first kappa shape index (κ1) is 51.2. The summed E-state index contributed by atoms with van der Waals surface area (Å²) in [5.41, 5.74) is 0. The first-order chi connectivity index (χ1) is 26.4. The molecule has 4 N–H and O–H groups in total. The van der Waals surface area contributed by atoms with Crippen LogP contribution in [0.3, 0.4) is 0 Å². The van der Waals surface area contributed by atoms with E-state index in [-0.39, 0.29) is 19.2 Å². The van der Waals surface area contributed by atoms with E-state index in [1.54, 1.807) is 0 Å². The van der Waals surface area contributed by atoms with Crippen LogP contribution >= 0.6 is 0 Å². The minimum atomic E-state index is -1.53. The van der Waals surface area contributed by atoms with Crippen LogP contribution in [0.5, 0.6) is 0 Å². The number of carbonyl (C=O) groups is 1. The zero-order valence-corrected chi connectivity index (χ0v) is 35.3. The third-order valence-corrected chi connectivity index (χ3v) is 11.0. The van der Waals surface area contributed by atoms with Crippen molar-refractivity contribution in [3.05, 3.63) is 0 Å². The zero-order valence-electron chi connectivity index (χ0n) is 35.3. The van der Waals surface area contributed by atoms with Gasteiger partial charge in [0.2, 0.25) is 0 Å². The number of rotatable bonds is 40. The highest BCUT2D eigenvalue weighted by atomic mass is 16.7. The van der Waals surface area contributed by atoms with Gasteiger partial charge in [0.25, 0.3) is 0 Å². The highest BCUT2D eigenvalue weighted by Crippen LogP contribution is 2.23. The molecule has 1 rings (SSSR count). The van der Waals surface area contributed by atoms with E-state index < -0.39 is 43.4 Å². The zero-order chi connectivity index (χ0) is 39.3. The van der Waals surface area contributed by atoms with Crippen LogP contribution in [0.4, 0.5) is 0 Å². The van der Waals surface area contributed by atoms with E-state index >= 15 is 0 Å². The van der Waals surface area contributed by atoms with Crippen molar-refractivity contribution in [3.63, 3.8) is 0 Å². The lowest BCUT2D eigenvalue weighted by atomic mass is 9.99. The van der Waals surface area contributed by atoms with Gasteiger partial charge in [-0.1, -0.05) is 200 Å². The number of unbranched alkanes of at least 4 members (excludes halogenated alkanes) is 29. The molecule has 6 unspecified atom stereocenters. The Balaban J connectivity index is 2.18. The standard InChI is InChI=1S/C45H88O9/c1-3-5-7-9-11-13-15-16-17-18-19-20-21-22-23-24-25-26-28-30-32-34-41(47)53-39(37-51-35-33-31-29-27-14-12-10-8-6-4-2)38-52-45-44(50)43(49)42(48)40(36-46)54-45/h39-40,42-46,48-50H,3-38H2,1-2H3. The van der Waals surface area contributed by atoms with E-state index in [1.807, 2.05) is 0 Å². The van der Waals surface area contributed by atoms with Crippen LogP contribution < -0.4 is 0 Å². The van der Waals surface area contributed by atoms with Gasteiger partial charge in [-0.05, 0) is 12.8 Å². The molecule has 0 amide bonds. The lowest BCUT2D eigenvalue weighted by Gasteiger charge is -2.39. The largest absolute Gasteiger partial charge is 0.457 e. The number of ether oxygens (including phenoxy) is 4. The quantitative estimate of drug-likeness (QED) is 0.0355. The summed E-state index contributed by atoms with van der Waals surface area (Å²) in [6.45, 7) is 4.59. The predicted octanol–water partition coefficient (Wildman–Crippen LogP) is 10.3. The van der Waals surface area contributed by atoms with Crippen molar-refractivity contribution in [2.75, 3.05) is 26.4 Å². The molecule has 0 aromatic heterocycles. The summed E-state index contributed by atoms with van der Waals surface area (Å²) in [7, 11) is 0. The molecule has 0 aromatic carbocycles. The molecular weight excluding hydrogens is 684 g/mol. The second kappa shape index (κ2) is 37.7. The second-order valence-electron chi connectivity index (χ2n) is 16.2. The van der Waals surface area contributed by atoms with Crippen molar-refractivity contribution >= 4 is 5.97 Å². The number of esters is 1. The van der Waals surface area contributed by atoms with Crippen molar-refractivity contribution < 1.29 is 44.2 Å². The van der Waals surface area contributed by atoms with E-state index in [9.17, 15) is 25.2 Å². The molecule has 0 bridgehead atoms. The van der Waals surface area contributed by atoms with Gasteiger partial charge in [-0.2, -0.15) is 0 Å². The first-order valence-corrected chi connectivity index (χ1v) is 23.1. The topological polar surface area (TPSA) is 135 Å². The molecule has 0 aliphatic carbocycles. The Morgan fingerprint density at radius 2 is 0.907 bits per heavy atom. The Kier molecular flexibility index (Phi) is 35.8. The minimum absolute atomic E-state index is 0.105. The maximum atomic E-state index is 12.8. The maximum absolute atomic E-state index is 12.8. The van der Waals surface area contributed by atoms with Gasteiger partial charge in [0, 0.05) is 13.0 Å². The van der Waals surface area contributed by atoms with Crippen molar-refractivity contribution in [1.82, 2.24) is 0 Å². The van der Waals surface area contributed by atoms with E-state index in [4.69, 9.17) is 18.9 Å². The Morgan fingerprint density at radius 1 is 0.519 bits per heavy atom. The van der Waals surface area contributed by atoms with E-state index in [0.29, 0.717) is 13.0 Å². The Labute approximate surface area is 332 Å². The SMILES string of the molecule is CCCCCCCCCCCCCCCCCCCCCCCC(=O)OC(COCCCCCCCCCCCC)COC1OC(CO)C(O)C(O)C1O. The summed E-state index contributed by atoms with van der Waals surface area (Å²) in [5, 5.41) is 40.0. The van der Waals surface area contributed by atoms with Crippen LogP contribution in [0.25, 0.3) is 0 Å². The highest BCUT2D eigenvalue weighted by Gasteiger charge is 2.44. The molecule has 0 saturated carbocycles. The Morgan fingerprint density at radius 3 is 1.31 bits per heavy atom. The molecule has 0 aromatic rings. The molecule has 54 heavy (non-hydrogen) atoms. The van der Waals surface area contributed by atoms with Crippen LogP contribution in [-0.2, 0) is 23.7 Å². The third kappa shape index (κ3) is 28.6. The minimum Gasteiger partial charge on any atom is -0.457 e. The van der Waals surface area contributed by atoms with Gasteiger partial charge in [-0.25, -0.2) is 0 Å². The number of aliphatic hydroxyl groups excluding tert-OH is 4. The Hall–Kier alpha value is -0.810. The highest BCUT2D eigenvalue weighted by molar-refractivity contribution is 5.69. The fourth-order valence-corrected chi connectivity index (χ4v) is 7.38. The average molecular weight is 773 g/mol. The molecule has 1 fully saturated rings. The van der Waals surface area contributed by atoms with Crippen LogP contribution in [0.1, 0.15) is 219 Å². The molecular formula is C45H88O9. The van der Waals surface area contributed by atoms with Crippen molar-refractivity contribution in [2.45, 2.75) is 256 Å². The number of hydrogen-bond donors (Lipinski definition) is 4. The average Bonchev–Trinajstić information content (AvgIpc) is 3.17. The molecule has 1 aliphatic rings. The fraction of sp³-hybridized carbons (Fsp3) is 0.978. The smallest absolute Gasteiger partial charge is 0.306 e. The van der Waals surface area contributed by atoms with Gasteiger partial charge in [-0.15, -0.1) is 0 Å². The molecule has 1 heterocycles. The molecule has 0 spiro atoms. The lowest BCUT2D eigenvalue weighted by molar-refractivity contribution is -0.305. The second-order valence-corrected chi connectivity index (χ2v) is 16.2. The maximum Gasteiger partial charge on any atom is 0.306 e. The van der Waals surface area contributed by atoms with Crippen LogP contribution in [-0.4, -0.2) is 89.6 Å². The Bertz CT molecular complexity index is 797. The van der Waals surface area contributed by atoms with Crippen LogP contribution in [0.15, 0.2) is 0 Å². The molecule has 6 atom stereocenters. The monoisotopic (exact) mass is 773 g/mol. The number of hydrogen-bond acceptors (Lipinski definition) is 9. The fourth-order valence-electron chi connectivity index (χ4n) is 7.38. The van der Waals surface area contributed by atoms with Crippen molar-refractivity contribution in [2.24, 2.45) is 0 Å². The van der Waals surface area contributed by atoms with Gasteiger partial charge >= 0.3 is 5.97 Å². The van der Waals surface area contributed by atoms with Crippen molar-refractivity contribution in [3.8, 4) is 0 Å². The van der Waals surface area contributed by atoms with Gasteiger partial charge in [0.05, 0.1) is 19.8 Å². The summed E-state index contributed by atoms with van der Waals surface area (Å²) in [4.78, 5) is 12.8. The van der Waals surface area contributed by atoms with Gasteiger partial charge in [0.15, 0.2) is 6.29 Å². The van der Waals surface area contributed by atoms with E-state index in [1.165, 1.54) is 167 Å². The summed E-state index contributed by atoms with van der Waals surface area (Å²) in [6.07, 6.45) is 32.8. The predicted molar refractivity (Wildman–Crippen MR) is 220 cm³/mol. The number of carbonyl (C=O) groups excluding carboxylic acids is 1. The summed E-state index contributed by atoms with van der Waals surface area (Å²) in [6, 6.07) is 0. The number of aliphatic hydroxyl groups is 4. The normalized spacial score (nSPS) is 20.7. The molecule has 1 saturated heterocycles. The summed E-state index contributed by atoms with van der Waals surface area (Å²) < 4.78 is 22.8. The van der Waals surface area contributed by atoms with Crippen molar-refractivity contribution in [1.29, 1.82) is 0 Å². The molecule has 1 aliphatic heterocycles. The molecule has 9 nitrogen and oxygen atoms in total. The molecule has 322 valence electrons. The van der Waals surface area contributed by atoms with Gasteiger partial charge < -0.3 is 39.4 Å². The van der Waals surface area contributed by atoms with E-state index in [2.05, 4.69) is 13.8 Å². The molecule has 9 heteroatoms. The van der Waals surface area contributed by atoms with Crippen LogP contribution in [0, 0.1) is 0 Å². The van der Waals surface area contributed by atoms with E-state index in [0.717, 1.165) is 32.1 Å². The van der Waals surface area contributed by atoms with Crippen LogP contribution in [0.2, 0.25) is 0 Å². The molecule has 0 radical (unpaired) electrons. The van der Waals surface area contributed by atoms with Gasteiger partial charge in [-0.3, -0.25) is 4.79 Å².